The Morgan fingerprint density at radius 3 is 2.82 bits per heavy atom. The molecule has 0 saturated heterocycles. The number of fused-ring (bicyclic) bond motifs is 1. The Balaban J connectivity index is 2.10. The van der Waals surface area contributed by atoms with Crippen LogP contribution in [0.2, 0.25) is 0 Å². The zero-order valence-corrected chi connectivity index (χ0v) is 9.92. The largest absolute Gasteiger partial charge is 0.399 e. The fraction of sp³-hybridized carbons (Fsp3) is 0.273. The highest BCUT2D eigenvalue weighted by Crippen LogP contribution is 2.27. The second kappa shape index (κ2) is 3.48. The molecule has 1 heterocycles. The van der Waals surface area contributed by atoms with Gasteiger partial charge in [0.05, 0.1) is 0 Å². The summed E-state index contributed by atoms with van der Waals surface area (Å²) in [6.07, 6.45) is 3.36. The molecule has 6 heteroatoms. The Kier molecular flexibility index (Phi) is 2.17. The fourth-order valence-corrected chi connectivity index (χ4v) is 3.31. The first kappa shape index (κ1) is 10.6. The Morgan fingerprint density at radius 1 is 1.35 bits per heavy atom. The maximum atomic E-state index is 12.1. The van der Waals surface area contributed by atoms with E-state index in [0.717, 1.165) is 18.4 Å². The van der Waals surface area contributed by atoms with Crippen LogP contribution in [0, 0.1) is 0 Å². The molecular formula is C11H13N3O2S. The molecule has 0 bridgehead atoms. The van der Waals surface area contributed by atoms with E-state index in [0.29, 0.717) is 16.0 Å². The number of anilines is 1. The molecule has 0 amide bonds. The first-order chi connectivity index (χ1) is 8.06. The number of benzene rings is 1. The number of aromatic amines is 1. The average Bonchev–Trinajstić information content (AvgIpc) is 2.95. The van der Waals surface area contributed by atoms with Gasteiger partial charge in [-0.2, -0.15) is 0 Å². The number of sulfonamides is 1. The van der Waals surface area contributed by atoms with E-state index >= 15 is 0 Å². The lowest BCUT2D eigenvalue weighted by Crippen LogP contribution is -2.25. The molecule has 1 aliphatic rings. The number of H-pyrrole nitrogens is 1. The van der Waals surface area contributed by atoms with Crippen molar-refractivity contribution in [1.82, 2.24) is 9.71 Å². The van der Waals surface area contributed by atoms with Gasteiger partial charge in [-0.1, -0.05) is 0 Å². The highest BCUT2D eigenvalue weighted by Gasteiger charge is 2.29. The number of nitrogen functional groups attached to an aromatic ring is 1. The molecule has 0 atom stereocenters. The van der Waals surface area contributed by atoms with Gasteiger partial charge in [0, 0.05) is 28.8 Å². The maximum absolute atomic E-state index is 12.1. The number of nitrogens with one attached hydrogen (secondary N) is 2. The second-order valence-corrected chi connectivity index (χ2v) is 6.04. The normalized spacial score (nSPS) is 16.5. The van der Waals surface area contributed by atoms with Gasteiger partial charge in [0.2, 0.25) is 10.0 Å². The minimum atomic E-state index is -3.42. The lowest BCUT2D eigenvalue weighted by atomic mass is 10.2. The van der Waals surface area contributed by atoms with Crippen LogP contribution >= 0.6 is 0 Å². The van der Waals surface area contributed by atoms with Crippen LogP contribution in [-0.4, -0.2) is 19.4 Å². The predicted molar refractivity (Wildman–Crippen MR) is 66.1 cm³/mol. The molecule has 5 nitrogen and oxygen atoms in total. The van der Waals surface area contributed by atoms with E-state index in [1.165, 1.54) is 6.20 Å². The van der Waals surface area contributed by atoms with Gasteiger partial charge < -0.3 is 10.7 Å². The van der Waals surface area contributed by atoms with Crippen LogP contribution in [0.15, 0.2) is 29.3 Å². The fourth-order valence-electron chi connectivity index (χ4n) is 1.82. The van der Waals surface area contributed by atoms with Crippen LogP contribution in [0.4, 0.5) is 5.69 Å². The first-order valence-electron chi connectivity index (χ1n) is 5.45. The lowest BCUT2D eigenvalue weighted by Gasteiger charge is -2.03. The summed E-state index contributed by atoms with van der Waals surface area (Å²) in [5, 5.41) is 0.673. The third-order valence-electron chi connectivity index (χ3n) is 2.86. The van der Waals surface area contributed by atoms with Crippen molar-refractivity contribution in [3.63, 3.8) is 0 Å². The van der Waals surface area contributed by atoms with Gasteiger partial charge >= 0.3 is 0 Å². The molecule has 90 valence electrons. The van der Waals surface area contributed by atoms with Gasteiger partial charge in [-0.3, -0.25) is 0 Å². The van der Waals surface area contributed by atoms with Crippen LogP contribution in [0.3, 0.4) is 0 Å². The number of hydrogen-bond acceptors (Lipinski definition) is 3. The van der Waals surface area contributed by atoms with Crippen molar-refractivity contribution in [2.75, 3.05) is 5.73 Å². The number of hydrogen-bond donors (Lipinski definition) is 3. The number of rotatable bonds is 3. The molecule has 1 fully saturated rings. The quantitative estimate of drug-likeness (QED) is 0.716. The zero-order valence-electron chi connectivity index (χ0n) is 9.10. The van der Waals surface area contributed by atoms with Crippen LogP contribution in [0.25, 0.3) is 10.9 Å². The smallest absolute Gasteiger partial charge is 0.242 e. The molecule has 0 aliphatic heterocycles. The van der Waals surface area contributed by atoms with Crippen molar-refractivity contribution in [1.29, 1.82) is 0 Å². The molecule has 17 heavy (non-hydrogen) atoms. The summed E-state index contributed by atoms with van der Waals surface area (Å²) in [6, 6.07) is 5.26. The summed E-state index contributed by atoms with van der Waals surface area (Å²) in [7, 11) is -3.42. The minimum Gasteiger partial charge on any atom is -0.399 e. The summed E-state index contributed by atoms with van der Waals surface area (Å²) >= 11 is 0. The monoisotopic (exact) mass is 251 g/mol. The van der Waals surface area contributed by atoms with Crippen LogP contribution < -0.4 is 10.5 Å². The molecule has 1 aliphatic carbocycles. The standard InChI is InChI=1S/C11H13N3O2S/c12-7-1-4-9-10(5-7)13-6-11(9)17(15,16)14-8-2-3-8/h1,4-6,8,13-14H,2-3,12H2. The molecule has 0 unspecified atom stereocenters. The number of aromatic nitrogens is 1. The van der Waals surface area contributed by atoms with Gasteiger partial charge in [-0.05, 0) is 31.0 Å². The van der Waals surface area contributed by atoms with Crippen LogP contribution in [0.1, 0.15) is 12.8 Å². The van der Waals surface area contributed by atoms with Gasteiger partial charge in [0.1, 0.15) is 4.90 Å². The second-order valence-electron chi connectivity index (χ2n) is 4.35. The molecule has 0 radical (unpaired) electrons. The molecule has 4 N–H and O–H groups in total. The first-order valence-corrected chi connectivity index (χ1v) is 6.93. The van der Waals surface area contributed by atoms with Crippen molar-refractivity contribution in [3.05, 3.63) is 24.4 Å². The third kappa shape index (κ3) is 1.89. The average molecular weight is 251 g/mol. The lowest BCUT2D eigenvalue weighted by molar-refractivity contribution is 0.582. The third-order valence-corrected chi connectivity index (χ3v) is 4.42. The van der Waals surface area contributed by atoms with Crippen molar-refractivity contribution < 1.29 is 8.42 Å². The van der Waals surface area contributed by atoms with Crippen LogP contribution in [-0.2, 0) is 10.0 Å². The van der Waals surface area contributed by atoms with Gasteiger partial charge in [0.15, 0.2) is 0 Å². The molecule has 0 spiro atoms. The highest BCUT2D eigenvalue weighted by atomic mass is 32.2. The Morgan fingerprint density at radius 2 is 2.12 bits per heavy atom. The molecule has 3 rings (SSSR count). The van der Waals surface area contributed by atoms with E-state index in [9.17, 15) is 8.42 Å². The predicted octanol–water partition coefficient (Wildman–Crippen LogP) is 1.19. The van der Waals surface area contributed by atoms with E-state index in [2.05, 4.69) is 9.71 Å². The molecular weight excluding hydrogens is 238 g/mol. The molecule has 2 aromatic rings. The SMILES string of the molecule is Nc1ccc2c(S(=O)(=O)NC3CC3)c[nH]c2c1. The zero-order chi connectivity index (χ0) is 12.0. The number of nitrogens with two attached hydrogens (primary N) is 1. The molecule has 1 aromatic carbocycles. The topological polar surface area (TPSA) is 88.0 Å². The summed E-state index contributed by atoms with van der Waals surface area (Å²) in [5.74, 6) is 0. The van der Waals surface area contributed by atoms with Gasteiger partial charge in [-0.15, -0.1) is 0 Å². The highest BCUT2D eigenvalue weighted by molar-refractivity contribution is 7.89. The summed E-state index contributed by atoms with van der Waals surface area (Å²) in [6.45, 7) is 0. The van der Waals surface area contributed by atoms with E-state index < -0.39 is 10.0 Å². The molecule has 1 aromatic heterocycles. The summed E-state index contributed by atoms with van der Waals surface area (Å²) in [5.41, 5.74) is 6.99. The van der Waals surface area contributed by atoms with Crippen molar-refractivity contribution in [2.45, 2.75) is 23.8 Å². The summed E-state index contributed by atoms with van der Waals surface area (Å²) < 4.78 is 26.8. The van der Waals surface area contributed by atoms with Gasteiger partial charge in [-0.25, -0.2) is 13.1 Å². The van der Waals surface area contributed by atoms with Gasteiger partial charge in [0.25, 0.3) is 0 Å². The van der Waals surface area contributed by atoms with Crippen molar-refractivity contribution in [3.8, 4) is 0 Å². The Bertz CT molecular complexity index is 671. The van der Waals surface area contributed by atoms with E-state index in [1.54, 1.807) is 18.2 Å². The minimum absolute atomic E-state index is 0.110. The Labute approximate surface area is 99.1 Å². The van der Waals surface area contributed by atoms with E-state index in [-0.39, 0.29) is 6.04 Å². The van der Waals surface area contributed by atoms with E-state index in [1.807, 2.05) is 0 Å². The molecule has 1 saturated carbocycles. The summed E-state index contributed by atoms with van der Waals surface area (Å²) in [4.78, 5) is 3.22. The Hall–Kier alpha value is -1.53. The maximum Gasteiger partial charge on any atom is 0.242 e. The van der Waals surface area contributed by atoms with Crippen molar-refractivity contribution >= 4 is 26.6 Å². The van der Waals surface area contributed by atoms with Crippen LogP contribution in [0.5, 0.6) is 0 Å². The van der Waals surface area contributed by atoms with Crippen molar-refractivity contribution in [2.24, 2.45) is 0 Å². The van der Waals surface area contributed by atoms with E-state index in [4.69, 9.17) is 5.73 Å².